The zero-order chi connectivity index (χ0) is 19.0. The van der Waals surface area contributed by atoms with E-state index in [9.17, 15) is 14.9 Å². The standard InChI is InChI=1S/C17H13Cl2N3O3S/c1-3-21-15-9(2)6-10(18)7-14(15)26-17(21)20-16(23)12-8-11(22(24)25)4-5-13(12)19/h4-8H,3H2,1-2H3. The third kappa shape index (κ3) is 3.38. The summed E-state index contributed by atoms with van der Waals surface area (Å²) in [6.07, 6.45) is 0. The molecule has 9 heteroatoms. The molecule has 3 aromatic rings. The second kappa shape index (κ2) is 7.19. The molecule has 0 radical (unpaired) electrons. The van der Waals surface area contributed by atoms with Gasteiger partial charge in [0.25, 0.3) is 11.6 Å². The Bertz CT molecular complexity index is 1120. The molecule has 0 spiro atoms. The number of nitro groups is 1. The van der Waals surface area contributed by atoms with Crippen molar-refractivity contribution in [2.24, 2.45) is 4.99 Å². The first-order chi connectivity index (χ1) is 12.3. The monoisotopic (exact) mass is 409 g/mol. The maximum Gasteiger partial charge on any atom is 0.281 e. The van der Waals surface area contributed by atoms with Crippen molar-refractivity contribution < 1.29 is 9.72 Å². The largest absolute Gasteiger partial charge is 0.316 e. The van der Waals surface area contributed by atoms with Crippen LogP contribution in [-0.4, -0.2) is 15.4 Å². The van der Waals surface area contributed by atoms with E-state index in [-0.39, 0.29) is 16.3 Å². The van der Waals surface area contributed by atoms with E-state index in [0.717, 1.165) is 21.8 Å². The lowest BCUT2D eigenvalue weighted by Crippen LogP contribution is -2.16. The fourth-order valence-electron chi connectivity index (χ4n) is 2.69. The summed E-state index contributed by atoms with van der Waals surface area (Å²) in [5.41, 5.74) is 1.72. The molecule has 0 bridgehead atoms. The fourth-order valence-corrected chi connectivity index (χ4v) is 4.44. The highest BCUT2D eigenvalue weighted by Crippen LogP contribution is 2.26. The Morgan fingerprint density at radius 1 is 1.31 bits per heavy atom. The second-order valence-electron chi connectivity index (χ2n) is 5.54. The van der Waals surface area contributed by atoms with E-state index in [1.807, 2.05) is 30.5 Å². The number of halogens is 2. The number of carbonyl (C=O) groups is 1. The summed E-state index contributed by atoms with van der Waals surface area (Å²) in [4.78, 5) is 27.6. The number of benzene rings is 2. The second-order valence-corrected chi connectivity index (χ2v) is 7.39. The Balaban J connectivity index is 2.19. The Morgan fingerprint density at radius 2 is 2.04 bits per heavy atom. The van der Waals surface area contributed by atoms with Crippen LogP contribution in [0, 0.1) is 17.0 Å². The number of nitro benzene ring substituents is 1. The number of hydrogen-bond donors (Lipinski definition) is 0. The summed E-state index contributed by atoms with van der Waals surface area (Å²) in [7, 11) is 0. The average molecular weight is 410 g/mol. The summed E-state index contributed by atoms with van der Waals surface area (Å²) in [6, 6.07) is 7.39. The van der Waals surface area contributed by atoms with Gasteiger partial charge in [0.05, 0.1) is 25.7 Å². The van der Waals surface area contributed by atoms with Gasteiger partial charge in [0.1, 0.15) is 0 Å². The quantitative estimate of drug-likeness (QED) is 0.451. The zero-order valence-electron chi connectivity index (χ0n) is 13.8. The molecule has 6 nitrogen and oxygen atoms in total. The number of fused-ring (bicyclic) bond motifs is 1. The van der Waals surface area contributed by atoms with Gasteiger partial charge in [-0.15, -0.1) is 0 Å². The molecule has 0 aliphatic heterocycles. The molecule has 0 aliphatic carbocycles. The molecule has 0 unspecified atom stereocenters. The molecule has 1 aromatic heterocycles. The maximum absolute atomic E-state index is 12.6. The van der Waals surface area contributed by atoms with Gasteiger partial charge in [-0.05, 0) is 37.6 Å². The van der Waals surface area contributed by atoms with Gasteiger partial charge in [0, 0.05) is 23.7 Å². The van der Waals surface area contributed by atoms with E-state index in [1.54, 1.807) is 0 Å². The number of thiazole rings is 1. The van der Waals surface area contributed by atoms with E-state index in [1.165, 1.54) is 23.5 Å². The Morgan fingerprint density at radius 3 is 2.69 bits per heavy atom. The van der Waals surface area contributed by atoms with Crippen LogP contribution in [0.5, 0.6) is 0 Å². The van der Waals surface area contributed by atoms with Crippen LogP contribution < -0.4 is 4.80 Å². The van der Waals surface area contributed by atoms with E-state index in [2.05, 4.69) is 4.99 Å². The molecular formula is C17H13Cl2N3O3S. The van der Waals surface area contributed by atoms with Gasteiger partial charge in [0.2, 0.25) is 0 Å². The van der Waals surface area contributed by atoms with Gasteiger partial charge >= 0.3 is 0 Å². The first-order valence-electron chi connectivity index (χ1n) is 7.64. The number of nitrogens with zero attached hydrogens (tertiary/aromatic N) is 3. The summed E-state index contributed by atoms with van der Waals surface area (Å²) in [5.74, 6) is -0.629. The number of aryl methyl sites for hydroxylation is 2. The predicted molar refractivity (Wildman–Crippen MR) is 103 cm³/mol. The number of rotatable bonds is 3. The van der Waals surface area contributed by atoms with Crippen molar-refractivity contribution in [3.63, 3.8) is 0 Å². The molecule has 1 heterocycles. The van der Waals surface area contributed by atoms with Crippen LogP contribution in [0.2, 0.25) is 10.0 Å². The molecule has 134 valence electrons. The van der Waals surface area contributed by atoms with Crippen LogP contribution in [-0.2, 0) is 6.54 Å². The highest BCUT2D eigenvalue weighted by molar-refractivity contribution is 7.16. The van der Waals surface area contributed by atoms with Crippen molar-refractivity contribution in [1.82, 2.24) is 4.57 Å². The van der Waals surface area contributed by atoms with Gasteiger partial charge in [-0.3, -0.25) is 14.9 Å². The van der Waals surface area contributed by atoms with Crippen molar-refractivity contribution in [2.75, 3.05) is 0 Å². The molecule has 0 atom stereocenters. The van der Waals surface area contributed by atoms with Crippen LogP contribution in [0.4, 0.5) is 5.69 Å². The number of non-ortho nitro benzene ring substituents is 1. The molecule has 26 heavy (non-hydrogen) atoms. The van der Waals surface area contributed by atoms with Crippen LogP contribution >= 0.6 is 34.5 Å². The third-order valence-electron chi connectivity index (χ3n) is 3.84. The number of amides is 1. The van der Waals surface area contributed by atoms with Crippen molar-refractivity contribution in [3.05, 3.63) is 66.4 Å². The summed E-state index contributed by atoms with van der Waals surface area (Å²) >= 11 is 13.5. The van der Waals surface area contributed by atoms with Crippen LogP contribution in [0.15, 0.2) is 35.3 Å². The van der Waals surface area contributed by atoms with E-state index in [0.29, 0.717) is 16.4 Å². The van der Waals surface area contributed by atoms with Crippen molar-refractivity contribution in [1.29, 1.82) is 0 Å². The Hall–Kier alpha value is -2.22. The Labute approximate surface area is 162 Å². The zero-order valence-corrected chi connectivity index (χ0v) is 16.2. The first-order valence-corrected chi connectivity index (χ1v) is 9.21. The molecule has 0 N–H and O–H groups in total. The molecule has 0 saturated carbocycles. The number of carbonyl (C=O) groups excluding carboxylic acids is 1. The minimum atomic E-state index is -0.629. The van der Waals surface area contributed by atoms with Gasteiger partial charge in [-0.2, -0.15) is 4.99 Å². The third-order valence-corrected chi connectivity index (χ3v) is 5.41. The summed E-state index contributed by atoms with van der Waals surface area (Å²) in [5, 5.41) is 11.7. The highest BCUT2D eigenvalue weighted by atomic mass is 35.5. The average Bonchev–Trinajstić information content (AvgIpc) is 2.91. The highest BCUT2D eigenvalue weighted by Gasteiger charge is 2.16. The normalized spacial score (nSPS) is 11.9. The van der Waals surface area contributed by atoms with Crippen molar-refractivity contribution in [2.45, 2.75) is 20.4 Å². The predicted octanol–water partition coefficient (Wildman–Crippen LogP) is 4.99. The van der Waals surface area contributed by atoms with E-state index < -0.39 is 10.8 Å². The lowest BCUT2D eigenvalue weighted by Gasteiger charge is -2.04. The number of aromatic nitrogens is 1. The summed E-state index contributed by atoms with van der Waals surface area (Å²) < 4.78 is 2.82. The fraction of sp³-hybridized carbons (Fsp3) is 0.176. The molecule has 0 fully saturated rings. The van der Waals surface area contributed by atoms with Gasteiger partial charge in [0.15, 0.2) is 4.80 Å². The smallest absolute Gasteiger partial charge is 0.281 e. The molecule has 3 rings (SSSR count). The molecule has 1 amide bonds. The number of hydrogen-bond acceptors (Lipinski definition) is 4. The lowest BCUT2D eigenvalue weighted by molar-refractivity contribution is -0.384. The molecule has 0 aliphatic rings. The van der Waals surface area contributed by atoms with Crippen LogP contribution in [0.3, 0.4) is 0 Å². The first kappa shape index (κ1) is 18.6. The minimum absolute atomic E-state index is 0.00395. The summed E-state index contributed by atoms with van der Waals surface area (Å²) in [6.45, 7) is 4.50. The van der Waals surface area contributed by atoms with Crippen LogP contribution in [0.1, 0.15) is 22.8 Å². The van der Waals surface area contributed by atoms with Gasteiger partial charge in [-0.1, -0.05) is 34.5 Å². The van der Waals surface area contributed by atoms with E-state index in [4.69, 9.17) is 23.2 Å². The lowest BCUT2D eigenvalue weighted by atomic mass is 10.2. The molecule has 0 saturated heterocycles. The molecular weight excluding hydrogens is 397 g/mol. The van der Waals surface area contributed by atoms with Gasteiger partial charge < -0.3 is 4.57 Å². The molecule has 2 aromatic carbocycles. The minimum Gasteiger partial charge on any atom is -0.316 e. The van der Waals surface area contributed by atoms with Crippen molar-refractivity contribution in [3.8, 4) is 0 Å². The maximum atomic E-state index is 12.6. The van der Waals surface area contributed by atoms with Gasteiger partial charge in [-0.25, -0.2) is 0 Å². The Kier molecular flexibility index (Phi) is 5.13. The van der Waals surface area contributed by atoms with Crippen LogP contribution in [0.25, 0.3) is 10.2 Å². The topological polar surface area (TPSA) is 77.5 Å². The van der Waals surface area contributed by atoms with Crippen molar-refractivity contribution >= 4 is 56.3 Å². The SMILES string of the molecule is CCn1c(=NC(=O)c2cc([N+](=O)[O-])ccc2Cl)sc2cc(Cl)cc(C)c21. The van der Waals surface area contributed by atoms with E-state index >= 15 is 0 Å².